The lowest BCUT2D eigenvalue weighted by Crippen LogP contribution is -2.41. The molecule has 0 spiro atoms. The van der Waals surface area contributed by atoms with Crippen LogP contribution in [-0.4, -0.2) is 45.2 Å². The largest absolute Gasteiger partial charge is 0.403 e. The van der Waals surface area contributed by atoms with E-state index in [1.165, 1.54) is 0 Å². The SMILES string of the molecule is CC(C)CCCOCCOCCNC(C)C(F)(F)F. The Kier molecular flexibility index (Phi) is 10.3. The molecule has 3 nitrogen and oxygen atoms in total. The lowest BCUT2D eigenvalue weighted by Gasteiger charge is -2.16. The molecule has 0 aliphatic heterocycles. The van der Waals surface area contributed by atoms with Crippen LogP contribution in [-0.2, 0) is 9.47 Å². The molecule has 116 valence electrons. The van der Waals surface area contributed by atoms with E-state index in [2.05, 4.69) is 19.2 Å². The Morgan fingerprint density at radius 3 is 2.05 bits per heavy atom. The topological polar surface area (TPSA) is 30.5 Å². The number of hydrogen-bond acceptors (Lipinski definition) is 3. The van der Waals surface area contributed by atoms with Crippen LogP contribution in [0.4, 0.5) is 13.2 Å². The number of halogens is 3. The molecule has 0 rings (SSSR count). The van der Waals surface area contributed by atoms with Gasteiger partial charge < -0.3 is 14.8 Å². The van der Waals surface area contributed by atoms with Crippen molar-refractivity contribution in [3.8, 4) is 0 Å². The van der Waals surface area contributed by atoms with Gasteiger partial charge in [-0.3, -0.25) is 0 Å². The molecular weight excluding hydrogens is 259 g/mol. The molecule has 0 aromatic heterocycles. The maximum absolute atomic E-state index is 12.1. The Hall–Kier alpha value is -0.330. The van der Waals surface area contributed by atoms with E-state index in [-0.39, 0.29) is 13.2 Å². The maximum atomic E-state index is 12.1. The van der Waals surface area contributed by atoms with Crippen LogP contribution in [0.1, 0.15) is 33.6 Å². The van der Waals surface area contributed by atoms with E-state index < -0.39 is 12.2 Å². The van der Waals surface area contributed by atoms with E-state index in [0.717, 1.165) is 19.8 Å². The van der Waals surface area contributed by atoms with Gasteiger partial charge in [-0.25, -0.2) is 0 Å². The second kappa shape index (κ2) is 10.5. The average molecular weight is 285 g/mol. The molecule has 1 unspecified atom stereocenters. The van der Waals surface area contributed by atoms with Crippen molar-refractivity contribution in [2.45, 2.75) is 45.8 Å². The van der Waals surface area contributed by atoms with E-state index >= 15 is 0 Å². The average Bonchev–Trinajstić information content (AvgIpc) is 2.29. The highest BCUT2D eigenvalue weighted by atomic mass is 19.4. The summed E-state index contributed by atoms with van der Waals surface area (Å²) in [4.78, 5) is 0. The lowest BCUT2D eigenvalue weighted by atomic mass is 10.1. The Labute approximate surface area is 113 Å². The van der Waals surface area contributed by atoms with Gasteiger partial charge in [0.1, 0.15) is 6.04 Å². The van der Waals surface area contributed by atoms with Crippen LogP contribution < -0.4 is 5.32 Å². The van der Waals surface area contributed by atoms with Gasteiger partial charge in [0.15, 0.2) is 0 Å². The Bertz CT molecular complexity index is 211. The first-order valence-corrected chi connectivity index (χ1v) is 6.79. The Balaban J connectivity index is 3.19. The minimum Gasteiger partial charge on any atom is -0.379 e. The van der Waals surface area contributed by atoms with Crippen molar-refractivity contribution in [2.24, 2.45) is 5.92 Å². The van der Waals surface area contributed by atoms with E-state index in [1.807, 2.05) is 0 Å². The van der Waals surface area contributed by atoms with Crippen molar-refractivity contribution < 1.29 is 22.6 Å². The molecule has 0 radical (unpaired) electrons. The normalized spacial score (nSPS) is 14.1. The molecule has 6 heteroatoms. The number of hydrogen-bond donors (Lipinski definition) is 1. The van der Waals surface area contributed by atoms with Crippen LogP contribution in [0.3, 0.4) is 0 Å². The van der Waals surface area contributed by atoms with Crippen LogP contribution in [0.15, 0.2) is 0 Å². The van der Waals surface area contributed by atoms with Gasteiger partial charge in [0, 0.05) is 13.2 Å². The van der Waals surface area contributed by atoms with E-state index in [0.29, 0.717) is 25.7 Å². The molecule has 0 bridgehead atoms. The van der Waals surface area contributed by atoms with Gasteiger partial charge in [-0.1, -0.05) is 13.8 Å². The highest BCUT2D eigenvalue weighted by molar-refractivity contribution is 4.68. The van der Waals surface area contributed by atoms with Crippen molar-refractivity contribution in [1.29, 1.82) is 0 Å². The minimum atomic E-state index is -4.19. The third-order valence-electron chi connectivity index (χ3n) is 2.63. The third kappa shape index (κ3) is 12.4. The van der Waals surface area contributed by atoms with Crippen molar-refractivity contribution in [1.82, 2.24) is 5.32 Å². The highest BCUT2D eigenvalue weighted by Gasteiger charge is 2.35. The quantitative estimate of drug-likeness (QED) is 0.592. The van der Waals surface area contributed by atoms with E-state index in [4.69, 9.17) is 9.47 Å². The van der Waals surface area contributed by atoms with Crippen LogP contribution >= 0.6 is 0 Å². The van der Waals surface area contributed by atoms with Gasteiger partial charge in [-0.2, -0.15) is 13.2 Å². The van der Waals surface area contributed by atoms with Gasteiger partial charge in [0.2, 0.25) is 0 Å². The summed E-state index contributed by atoms with van der Waals surface area (Å²) in [6.07, 6.45) is -2.03. The Morgan fingerprint density at radius 2 is 1.53 bits per heavy atom. The van der Waals surface area contributed by atoms with Crippen molar-refractivity contribution in [3.05, 3.63) is 0 Å². The summed E-state index contributed by atoms with van der Waals surface area (Å²) in [6.45, 7) is 7.50. The van der Waals surface area contributed by atoms with Crippen LogP contribution in [0.5, 0.6) is 0 Å². The number of rotatable bonds is 11. The predicted octanol–water partition coefficient (Wildman–Crippen LogP) is 3.00. The summed E-state index contributed by atoms with van der Waals surface area (Å²) in [7, 11) is 0. The van der Waals surface area contributed by atoms with Gasteiger partial charge in [0.25, 0.3) is 0 Å². The second-order valence-corrected chi connectivity index (χ2v) is 4.98. The summed E-state index contributed by atoms with van der Waals surface area (Å²) in [6, 6.07) is -1.50. The van der Waals surface area contributed by atoms with Gasteiger partial charge in [0.05, 0.1) is 19.8 Å². The summed E-state index contributed by atoms with van der Waals surface area (Å²) < 4.78 is 46.9. The summed E-state index contributed by atoms with van der Waals surface area (Å²) in [5.41, 5.74) is 0. The van der Waals surface area contributed by atoms with Crippen molar-refractivity contribution in [2.75, 3.05) is 33.0 Å². The fourth-order valence-corrected chi connectivity index (χ4v) is 1.38. The molecule has 19 heavy (non-hydrogen) atoms. The molecule has 0 aliphatic carbocycles. The predicted molar refractivity (Wildman–Crippen MR) is 69.2 cm³/mol. The van der Waals surface area contributed by atoms with Crippen LogP contribution in [0.2, 0.25) is 0 Å². The fraction of sp³-hybridized carbons (Fsp3) is 1.00. The molecule has 0 saturated heterocycles. The monoisotopic (exact) mass is 285 g/mol. The molecule has 0 heterocycles. The molecule has 0 saturated carbocycles. The zero-order chi connectivity index (χ0) is 14.7. The van der Waals surface area contributed by atoms with E-state index in [9.17, 15) is 13.2 Å². The summed E-state index contributed by atoms with van der Waals surface area (Å²) in [5.74, 6) is 0.682. The maximum Gasteiger partial charge on any atom is 0.403 e. The first-order valence-electron chi connectivity index (χ1n) is 6.79. The lowest BCUT2D eigenvalue weighted by molar-refractivity contribution is -0.151. The van der Waals surface area contributed by atoms with Crippen LogP contribution in [0, 0.1) is 5.92 Å². The first-order chi connectivity index (χ1) is 8.84. The molecule has 1 N–H and O–H groups in total. The molecule has 0 aliphatic rings. The molecule has 0 amide bonds. The Morgan fingerprint density at radius 1 is 0.947 bits per heavy atom. The highest BCUT2D eigenvalue weighted by Crippen LogP contribution is 2.18. The second-order valence-electron chi connectivity index (χ2n) is 4.98. The third-order valence-corrected chi connectivity index (χ3v) is 2.63. The smallest absolute Gasteiger partial charge is 0.379 e. The summed E-state index contributed by atoms with van der Waals surface area (Å²) >= 11 is 0. The van der Waals surface area contributed by atoms with Crippen molar-refractivity contribution >= 4 is 0 Å². The van der Waals surface area contributed by atoms with Gasteiger partial charge >= 0.3 is 6.18 Å². The van der Waals surface area contributed by atoms with Gasteiger partial charge in [-0.15, -0.1) is 0 Å². The minimum absolute atomic E-state index is 0.189. The first kappa shape index (κ1) is 18.7. The molecular formula is C13H26F3NO2. The zero-order valence-corrected chi connectivity index (χ0v) is 12.1. The van der Waals surface area contributed by atoms with E-state index in [1.54, 1.807) is 0 Å². The van der Waals surface area contributed by atoms with Gasteiger partial charge in [-0.05, 0) is 25.7 Å². The standard InChI is InChI=1S/C13H26F3NO2/c1-11(2)5-4-7-18-9-10-19-8-6-17-12(3)13(14,15)16/h11-12,17H,4-10H2,1-3H3. The molecule has 0 aromatic carbocycles. The fourth-order valence-electron chi connectivity index (χ4n) is 1.38. The number of nitrogens with one attached hydrogen (secondary N) is 1. The molecule has 1 atom stereocenters. The number of alkyl halides is 3. The molecule has 0 fully saturated rings. The molecule has 0 aromatic rings. The van der Waals surface area contributed by atoms with Crippen molar-refractivity contribution in [3.63, 3.8) is 0 Å². The zero-order valence-electron chi connectivity index (χ0n) is 12.1. The number of ether oxygens (including phenoxy) is 2. The van der Waals surface area contributed by atoms with Crippen LogP contribution in [0.25, 0.3) is 0 Å². The summed E-state index contributed by atoms with van der Waals surface area (Å²) in [5, 5.41) is 2.36.